The van der Waals surface area contributed by atoms with Gasteiger partial charge in [-0.15, -0.1) is 0 Å². The fourth-order valence-corrected chi connectivity index (χ4v) is 1.50. The fraction of sp³-hybridized carbons (Fsp3) is 0.429. The second-order valence-corrected chi connectivity index (χ2v) is 4.30. The maximum absolute atomic E-state index is 11.6. The first kappa shape index (κ1) is 15.0. The molecule has 0 aliphatic carbocycles. The van der Waals surface area contributed by atoms with E-state index in [0.29, 0.717) is 6.61 Å². The molecular formula is C14H19NO4. The summed E-state index contributed by atoms with van der Waals surface area (Å²) in [5, 5.41) is 11.1. The van der Waals surface area contributed by atoms with Gasteiger partial charge in [-0.1, -0.05) is 19.1 Å². The Morgan fingerprint density at radius 3 is 2.79 bits per heavy atom. The predicted octanol–water partition coefficient (Wildman–Crippen LogP) is 1.61. The summed E-state index contributed by atoms with van der Waals surface area (Å²) in [6.45, 7) is 4.08. The van der Waals surface area contributed by atoms with E-state index >= 15 is 0 Å². The van der Waals surface area contributed by atoms with Crippen LogP contribution in [0.25, 0.3) is 0 Å². The number of benzene rings is 1. The van der Waals surface area contributed by atoms with Gasteiger partial charge in [-0.05, 0) is 31.0 Å². The van der Waals surface area contributed by atoms with Gasteiger partial charge in [-0.3, -0.25) is 9.59 Å². The molecule has 0 heterocycles. The number of nitrogens with one attached hydrogen (secondary N) is 1. The van der Waals surface area contributed by atoms with Crippen molar-refractivity contribution in [1.29, 1.82) is 0 Å². The minimum atomic E-state index is -1.05. The van der Waals surface area contributed by atoms with Crippen LogP contribution in [0.3, 0.4) is 0 Å². The molecule has 0 bridgehead atoms. The van der Waals surface area contributed by atoms with Gasteiger partial charge in [0.25, 0.3) is 0 Å². The summed E-state index contributed by atoms with van der Waals surface area (Å²) < 4.78 is 5.47. The zero-order chi connectivity index (χ0) is 14.3. The second kappa shape index (κ2) is 7.41. The third-order valence-corrected chi connectivity index (χ3v) is 2.48. The van der Waals surface area contributed by atoms with Crippen LogP contribution in [0.15, 0.2) is 24.3 Å². The number of rotatable bonds is 7. The van der Waals surface area contributed by atoms with Crippen LogP contribution in [-0.4, -0.2) is 29.6 Å². The molecule has 1 atom stereocenters. The summed E-state index contributed by atoms with van der Waals surface area (Å²) in [6.07, 6.45) is 1.06. The first-order valence-electron chi connectivity index (χ1n) is 6.26. The molecule has 2 N–H and O–H groups in total. The topological polar surface area (TPSA) is 75.6 Å². The van der Waals surface area contributed by atoms with Crippen molar-refractivity contribution >= 4 is 11.9 Å². The number of aliphatic carboxylic acids is 1. The molecule has 1 rings (SSSR count). The summed E-state index contributed by atoms with van der Waals surface area (Å²) in [5.74, 6) is -0.644. The van der Waals surface area contributed by atoms with Crippen LogP contribution < -0.4 is 10.1 Å². The van der Waals surface area contributed by atoms with Crippen molar-refractivity contribution in [2.24, 2.45) is 0 Å². The predicted molar refractivity (Wildman–Crippen MR) is 71.2 cm³/mol. The van der Waals surface area contributed by atoms with Gasteiger partial charge < -0.3 is 15.2 Å². The SMILES string of the molecule is CCCOc1cccc(CC(=O)N[C@@H](C)C(=O)O)c1. The highest BCUT2D eigenvalue weighted by molar-refractivity contribution is 5.84. The molecule has 0 fully saturated rings. The molecule has 5 heteroatoms. The zero-order valence-electron chi connectivity index (χ0n) is 11.2. The zero-order valence-corrected chi connectivity index (χ0v) is 11.2. The van der Waals surface area contributed by atoms with Crippen molar-refractivity contribution in [3.8, 4) is 5.75 Å². The molecular weight excluding hydrogens is 246 g/mol. The van der Waals surface area contributed by atoms with Gasteiger partial charge in [0, 0.05) is 0 Å². The Balaban J connectivity index is 2.56. The van der Waals surface area contributed by atoms with Crippen molar-refractivity contribution < 1.29 is 19.4 Å². The van der Waals surface area contributed by atoms with Gasteiger partial charge in [0.2, 0.25) is 5.91 Å². The fourth-order valence-electron chi connectivity index (χ4n) is 1.50. The van der Waals surface area contributed by atoms with E-state index < -0.39 is 12.0 Å². The Bertz CT molecular complexity index is 445. The average molecular weight is 265 g/mol. The van der Waals surface area contributed by atoms with Gasteiger partial charge in [0.05, 0.1) is 13.0 Å². The molecule has 0 aliphatic heterocycles. The number of hydrogen-bond acceptors (Lipinski definition) is 3. The normalized spacial score (nSPS) is 11.7. The molecule has 0 saturated carbocycles. The Hall–Kier alpha value is -2.04. The Kier molecular flexibility index (Phi) is 5.85. The smallest absolute Gasteiger partial charge is 0.325 e. The highest BCUT2D eigenvalue weighted by atomic mass is 16.5. The van der Waals surface area contributed by atoms with E-state index in [1.807, 2.05) is 25.1 Å². The molecule has 0 spiro atoms. The standard InChI is InChI=1S/C14H19NO4/c1-3-7-19-12-6-4-5-11(8-12)9-13(16)15-10(2)14(17)18/h4-6,8,10H,3,7,9H2,1-2H3,(H,15,16)(H,17,18)/t10-/m0/s1. The summed E-state index contributed by atoms with van der Waals surface area (Å²) in [7, 11) is 0. The first-order valence-corrected chi connectivity index (χ1v) is 6.26. The van der Waals surface area contributed by atoms with Gasteiger partial charge in [-0.25, -0.2) is 0 Å². The monoisotopic (exact) mass is 265 g/mol. The number of carboxylic acid groups (broad SMARTS) is 1. The minimum Gasteiger partial charge on any atom is -0.494 e. The lowest BCUT2D eigenvalue weighted by atomic mass is 10.1. The van der Waals surface area contributed by atoms with E-state index in [1.54, 1.807) is 6.07 Å². The number of ether oxygens (including phenoxy) is 1. The summed E-state index contributed by atoms with van der Waals surface area (Å²) in [5.41, 5.74) is 0.795. The van der Waals surface area contributed by atoms with Crippen LogP contribution in [0, 0.1) is 0 Å². The van der Waals surface area contributed by atoms with Crippen molar-refractivity contribution in [2.45, 2.75) is 32.7 Å². The molecule has 1 aromatic rings. The summed E-state index contributed by atoms with van der Waals surface area (Å²) >= 11 is 0. The Morgan fingerprint density at radius 2 is 2.16 bits per heavy atom. The van der Waals surface area contributed by atoms with E-state index in [9.17, 15) is 9.59 Å². The molecule has 19 heavy (non-hydrogen) atoms. The van der Waals surface area contributed by atoms with E-state index in [1.165, 1.54) is 6.92 Å². The quantitative estimate of drug-likeness (QED) is 0.785. The second-order valence-electron chi connectivity index (χ2n) is 4.30. The molecule has 0 saturated heterocycles. The van der Waals surface area contributed by atoms with Gasteiger partial charge >= 0.3 is 5.97 Å². The van der Waals surface area contributed by atoms with Gasteiger partial charge in [-0.2, -0.15) is 0 Å². The van der Waals surface area contributed by atoms with Crippen LogP contribution >= 0.6 is 0 Å². The van der Waals surface area contributed by atoms with Crippen LogP contribution in [0.2, 0.25) is 0 Å². The van der Waals surface area contributed by atoms with Crippen molar-refractivity contribution in [3.63, 3.8) is 0 Å². The minimum absolute atomic E-state index is 0.140. The number of carbonyl (C=O) groups excluding carboxylic acids is 1. The maximum atomic E-state index is 11.6. The third-order valence-electron chi connectivity index (χ3n) is 2.48. The van der Waals surface area contributed by atoms with E-state index in [0.717, 1.165) is 17.7 Å². The third kappa shape index (κ3) is 5.42. The van der Waals surface area contributed by atoms with Gasteiger partial charge in [0.15, 0.2) is 0 Å². The average Bonchev–Trinajstić information content (AvgIpc) is 2.36. The molecule has 104 valence electrons. The van der Waals surface area contributed by atoms with E-state index in [-0.39, 0.29) is 12.3 Å². The Labute approximate surface area is 112 Å². The highest BCUT2D eigenvalue weighted by Gasteiger charge is 2.14. The molecule has 0 aliphatic rings. The molecule has 5 nitrogen and oxygen atoms in total. The van der Waals surface area contributed by atoms with Gasteiger partial charge in [0.1, 0.15) is 11.8 Å². The van der Waals surface area contributed by atoms with Crippen LogP contribution in [0.5, 0.6) is 5.75 Å². The molecule has 0 radical (unpaired) electrons. The van der Waals surface area contributed by atoms with Crippen molar-refractivity contribution in [3.05, 3.63) is 29.8 Å². The lowest BCUT2D eigenvalue weighted by Crippen LogP contribution is -2.39. The highest BCUT2D eigenvalue weighted by Crippen LogP contribution is 2.14. The largest absolute Gasteiger partial charge is 0.494 e. The summed E-state index contributed by atoms with van der Waals surface area (Å²) in [4.78, 5) is 22.3. The number of hydrogen-bond donors (Lipinski definition) is 2. The summed E-state index contributed by atoms with van der Waals surface area (Å²) in [6, 6.07) is 6.36. The number of carbonyl (C=O) groups is 2. The van der Waals surface area contributed by atoms with Crippen LogP contribution in [-0.2, 0) is 16.0 Å². The lowest BCUT2D eigenvalue weighted by Gasteiger charge is -2.10. The maximum Gasteiger partial charge on any atom is 0.325 e. The van der Waals surface area contributed by atoms with Crippen molar-refractivity contribution in [1.82, 2.24) is 5.32 Å². The molecule has 1 aromatic carbocycles. The van der Waals surface area contributed by atoms with E-state index in [4.69, 9.17) is 9.84 Å². The molecule has 0 unspecified atom stereocenters. The lowest BCUT2D eigenvalue weighted by molar-refractivity contribution is -0.141. The van der Waals surface area contributed by atoms with Crippen molar-refractivity contribution in [2.75, 3.05) is 6.61 Å². The number of amides is 1. The Morgan fingerprint density at radius 1 is 1.42 bits per heavy atom. The first-order chi connectivity index (χ1) is 9.02. The molecule has 1 amide bonds. The molecule has 0 aromatic heterocycles. The van der Waals surface area contributed by atoms with E-state index in [2.05, 4.69) is 5.32 Å². The van der Waals surface area contributed by atoms with Crippen LogP contribution in [0.1, 0.15) is 25.8 Å². The number of carboxylic acids is 1. The van der Waals surface area contributed by atoms with Crippen LogP contribution in [0.4, 0.5) is 0 Å².